The topological polar surface area (TPSA) is 150 Å². The van der Waals surface area contributed by atoms with Crippen LogP contribution in [0.25, 0.3) is 16.9 Å². The lowest BCUT2D eigenvalue weighted by molar-refractivity contribution is -0.141. The van der Waals surface area contributed by atoms with Gasteiger partial charge < -0.3 is 25.5 Å². The molecule has 0 bridgehead atoms. The summed E-state index contributed by atoms with van der Waals surface area (Å²) in [5, 5.41) is 17.5. The Morgan fingerprint density at radius 1 is 1.04 bits per heavy atom. The second-order valence-electron chi connectivity index (χ2n) is 11.7. The van der Waals surface area contributed by atoms with Gasteiger partial charge in [-0.25, -0.2) is 27.9 Å². The maximum Gasteiger partial charge on any atom is 0.435 e. The molecule has 1 aliphatic heterocycles. The van der Waals surface area contributed by atoms with Crippen LogP contribution in [0.15, 0.2) is 43.0 Å². The molecule has 1 saturated carbocycles. The summed E-state index contributed by atoms with van der Waals surface area (Å²) < 4.78 is 84.0. The maximum atomic E-state index is 15.3. The van der Waals surface area contributed by atoms with Gasteiger partial charge >= 0.3 is 12.3 Å². The highest BCUT2D eigenvalue weighted by Crippen LogP contribution is 2.37. The number of rotatable bonds is 8. The molecule has 1 aliphatic carbocycles. The smallest absolute Gasteiger partial charge is 0.435 e. The zero-order chi connectivity index (χ0) is 35.0. The molecule has 0 spiro atoms. The van der Waals surface area contributed by atoms with Gasteiger partial charge in [0.15, 0.2) is 17.2 Å². The number of amides is 3. The van der Waals surface area contributed by atoms with Crippen molar-refractivity contribution in [2.24, 2.45) is 5.92 Å². The van der Waals surface area contributed by atoms with Gasteiger partial charge in [-0.2, -0.15) is 18.3 Å². The number of imidazole rings is 1. The van der Waals surface area contributed by atoms with Crippen LogP contribution in [-0.2, 0) is 17.5 Å². The van der Waals surface area contributed by atoms with Crippen LogP contribution < -0.4 is 10.6 Å². The van der Waals surface area contributed by atoms with Crippen LogP contribution in [0.3, 0.4) is 0 Å². The van der Waals surface area contributed by atoms with Crippen molar-refractivity contribution >= 4 is 35.1 Å². The lowest BCUT2D eigenvalue weighted by atomic mass is 10.1. The van der Waals surface area contributed by atoms with Crippen LogP contribution >= 0.6 is 0 Å². The number of hydrogen-bond donors (Lipinski definition) is 3. The first-order valence-corrected chi connectivity index (χ1v) is 15.2. The molecule has 0 unspecified atom stereocenters. The van der Waals surface area contributed by atoms with Gasteiger partial charge in [0.1, 0.15) is 12.4 Å². The number of carboxylic acid groups (broad SMARTS) is 1. The maximum absolute atomic E-state index is 15.3. The lowest BCUT2D eigenvalue weighted by Gasteiger charge is -2.36. The molecule has 3 aromatic heterocycles. The first kappa shape index (κ1) is 33.5. The molecule has 1 aromatic carbocycles. The standard InChI is InChI=1S/C30H29F6N9O4/c31-21-12-18(3-4-19(21)28(47)43-9-7-42(8-10-43)27(46)16-1-2-17(11-16)40-29(48)49)39-25-26-38-13-22(45(26)6-5-37-25)20-14-44(15-23(32)33)41-24(20)30(34,35)36/h3-6,12-14,16-17,23,40H,1-2,7-11,15H2,(H,37,39)(H,48,49)/t16-,17+/m0/s1. The van der Waals surface area contributed by atoms with Crippen molar-refractivity contribution in [3.05, 3.63) is 60.1 Å². The summed E-state index contributed by atoms with van der Waals surface area (Å²) in [6, 6.07) is 3.47. The summed E-state index contributed by atoms with van der Waals surface area (Å²) >= 11 is 0. The van der Waals surface area contributed by atoms with Gasteiger partial charge in [0, 0.05) is 62.4 Å². The highest BCUT2D eigenvalue weighted by atomic mass is 19.4. The molecule has 2 atom stereocenters. The quantitative estimate of drug-likeness (QED) is 0.229. The van der Waals surface area contributed by atoms with Crippen molar-refractivity contribution in [1.29, 1.82) is 0 Å². The number of halogens is 6. The van der Waals surface area contributed by atoms with Crippen molar-refractivity contribution in [1.82, 2.24) is 39.3 Å². The van der Waals surface area contributed by atoms with E-state index in [-0.39, 0.29) is 72.5 Å². The Morgan fingerprint density at radius 3 is 2.45 bits per heavy atom. The Balaban J connectivity index is 1.13. The average Bonchev–Trinajstić information content (AvgIpc) is 3.79. The van der Waals surface area contributed by atoms with Crippen LogP contribution in [0.4, 0.5) is 42.6 Å². The summed E-state index contributed by atoms with van der Waals surface area (Å²) in [7, 11) is 0. The fourth-order valence-electron chi connectivity index (χ4n) is 6.23. The number of fused-ring (bicyclic) bond motifs is 1. The molecule has 19 heteroatoms. The molecular formula is C30H29F6N9O4. The summed E-state index contributed by atoms with van der Waals surface area (Å²) in [5.74, 6) is -1.80. The van der Waals surface area contributed by atoms with Gasteiger partial charge in [-0.05, 0) is 37.5 Å². The average molecular weight is 694 g/mol. The minimum absolute atomic E-state index is 0.0360. The van der Waals surface area contributed by atoms with E-state index in [0.717, 1.165) is 18.5 Å². The monoisotopic (exact) mass is 693 g/mol. The van der Waals surface area contributed by atoms with Gasteiger partial charge in [-0.1, -0.05) is 0 Å². The number of piperazine rings is 1. The van der Waals surface area contributed by atoms with Crippen LogP contribution in [0.5, 0.6) is 0 Å². The van der Waals surface area contributed by atoms with Gasteiger partial charge in [0.05, 0.1) is 23.0 Å². The van der Waals surface area contributed by atoms with Crippen molar-refractivity contribution in [2.45, 2.75) is 44.5 Å². The highest BCUT2D eigenvalue weighted by Gasteiger charge is 2.39. The van der Waals surface area contributed by atoms with Crippen LogP contribution in [0.2, 0.25) is 0 Å². The summed E-state index contributed by atoms with van der Waals surface area (Å²) in [5.41, 5.74) is -1.94. The Labute approximate surface area is 273 Å². The Kier molecular flexibility index (Phi) is 9.08. The molecule has 3 amide bonds. The van der Waals surface area contributed by atoms with E-state index in [4.69, 9.17) is 5.11 Å². The fourth-order valence-corrected chi connectivity index (χ4v) is 6.23. The summed E-state index contributed by atoms with van der Waals surface area (Å²) in [6.45, 7) is -0.181. The largest absolute Gasteiger partial charge is 0.465 e. The zero-order valence-corrected chi connectivity index (χ0v) is 25.5. The minimum atomic E-state index is -4.94. The number of benzene rings is 1. The summed E-state index contributed by atoms with van der Waals surface area (Å²) in [6.07, 6.45) is -2.90. The number of nitrogens with zero attached hydrogens (tertiary/aromatic N) is 7. The molecule has 4 aromatic rings. The van der Waals surface area contributed by atoms with Crippen LogP contribution in [0.1, 0.15) is 35.3 Å². The van der Waals surface area contributed by atoms with Crippen molar-refractivity contribution < 1.29 is 45.8 Å². The molecule has 260 valence electrons. The second-order valence-corrected chi connectivity index (χ2v) is 11.7. The Hall–Kier alpha value is -5.36. The molecule has 3 N–H and O–H groups in total. The van der Waals surface area contributed by atoms with E-state index in [0.29, 0.717) is 23.9 Å². The van der Waals surface area contributed by atoms with Gasteiger partial charge in [-0.15, -0.1) is 0 Å². The SMILES string of the molecule is O=C(O)N[C@@H]1CC[C@H](C(=O)N2CCN(C(=O)c3ccc(Nc4nccn5c(-c6cn(CC(F)F)nc6C(F)(F)F)cnc45)cc3F)CC2)C1. The van der Waals surface area contributed by atoms with Crippen LogP contribution in [0, 0.1) is 11.7 Å². The molecule has 2 fully saturated rings. The first-order chi connectivity index (χ1) is 23.3. The minimum Gasteiger partial charge on any atom is -0.465 e. The van der Waals surface area contributed by atoms with Crippen molar-refractivity contribution in [3.63, 3.8) is 0 Å². The van der Waals surface area contributed by atoms with E-state index in [1.165, 1.54) is 33.8 Å². The predicted molar refractivity (Wildman–Crippen MR) is 160 cm³/mol. The predicted octanol–water partition coefficient (Wildman–Crippen LogP) is 4.48. The fraction of sp³-hybridized carbons (Fsp3) is 0.400. The van der Waals surface area contributed by atoms with Gasteiger partial charge in [0.25, 0.3) is 12.3 Å². The van der Waals surface area contributed by atoms with E-state index in [2.05, 4.69) is 25.7 Å². The number of nitrogens with one attached hydrogen (secondary N) is 2. The molecule has 4 heterocycles. The van der Waals surface area contributed by atoms with Crippen LogP contribution in [-0.4, -0.2) is 95.6 Å². The molecular weight excluding hydrogens is 664 g/mol. The normalized spacial score (nSPS) is 18.3. The lowest BCUT2D eigenvalue weighted by Crippen LogP contribution is -2.52. The molecule has 6 rings (SSSR count). The second kappa shape index (κ2) is 13.3. The molecule has 13 nitrogen and oxygen atoms in total. The third-order valence-corrected chi connectivity index (χ3v) is 8.51. The molecule has 2 aliphatic rings. The number of hydrogen-bond acceptors (Lipinski definition) is 7. The van der Waals surface area contributed by atoms with E-state index < -0.39 is 48.2 Å². The summed E-state index contributed by atoms with van der Waals surface area (Å²) in [4.78, 5) is 48.4. The molecule has 0 radical (unpaired) electrons. The van der Waals surface area contributed by atoms with Crippen molar-refractivity contribution in [2.75, 3.05) is 31.5 Å². The number of anilines is 2. The van der Waals surface area contributed by atoms with E-state index in [1.807, 2.05) is 0 Å². The number of carbonyl (C=O) groups excluding carboxylic acids is 2. The Morgan fingerprint density at radius 2 is 1.78 bits per heavy atom. The zero-order valence-electron chi connectivity index (χ0n) is 25.5. The number of aromatic nitrogens is 5. The molecule has 49 heavy (non-hydrogen) atoms. The third-order valence-electron chi connectivity index (χ3n) is 8.51. The van der Waals surface area contributed by atoms with Gasteiger partial charge in [0.2, 0.25) is 5.91 Å². The van der Waals surface area contributed by atoms with Gasteiger partial charge in [-0.3, -0.25) is 18.7 Å². The Bertz CT molecular complexity index is 1890. The first-order valence-electron chi connectivity index (χ1n) is 15.2. The number of alkyl halides is 5. The van der Waals surface area contributed by atoms with E-state index in [9.17, 15) is 36.3 Å². The molecule has 1 saturated heterocycles. The van der Waals surface area contributed by atoms with E-state index in [1.54, 1.807) is 4.90 Å². The van der Waals surface area contributed by atoms with E-state index >= 15 is 4.39 Å². The van der Waals surface area contributed by atoms with Crippen molar-refractivity contribution in [3.8, 4) is 11.3 Å². The third kappa shape index (κ3) is 7.09. The number of carbonyl (C=O) groups is 3. The highest BCUT2D eigenvalue weighted by molar-refractivity contribution is 5.95.